The summed E-state index contributed by atoms with van der Waals surface area (Å²) in [6, 6.07) is 3.61. The molecule has 0 fully saturated rings. The van der Waals surface area contributed by atoms with Gasteiger partial charge in [0.15, 0.2) is 0 Å². The van der Waals surface area contributed by atoms with Crippen LogP contribution in [0.4, 0.5) is 0 Å². The second-order valence-corrected chi connectivity index (χ2v) is 2.87. The lowest BCUT2D eigenvalue weighted by Gasteiger charge is -1.92. The molecule has 14 heavy (non-hydrogen) atoms. The van der Waals surface area contributed by atoms with Crippen LogP contribution >= 0.6 is 0 Å². The van der Waals surface area contributed by atoms with Crippen molar-refractivity contribution in [2.75, 3.05) is 0 Å². The number of aromatic nitrogens is 3. The molecule has 1 unspecified atom stereocenters. The van der Waals surface area contributed by atoms with Crippen LogP contribution in [0.1, 0.15) is 18.9 Å². The first-order valence-electron chi connectivity index (χ1n) is 4.19. The molecule has 0 aliphatic rings. The average molecular weight is 191 g/mol. The topological polar surface area (TPSA) is 72.0 Å². The van der Waals surface area contributed by atoms with E-state index in [-0.39, 0.29) is 5.89 Å². The van der Waals surface area contributed by atoms with Gasteiger partial charge in [0.2, 0.25) is 5.82 Å². The number of hydrogen-bond donors (Lipinski definition) is 1. The van der Waals surface area contributed by atoms with Gasteiger partial charge in [0, 0.05) is 18.0 Å². The first-order valence-corrected chi connectivity index (χ1v) is 4.19. The molecule has 0 radical (unpaired) electrons. The number of nitrogens with zero attached hydrogens (tertiary/aromatic N) is 3. The van der Waals surface area contributed by atoms with Gasteiger partial charge in [-0.1, -0.05) is 5.16 Å². The molecule has 1 N–H and O–H groups in total. The lowest BCUT2D eigenvalue weighted by molar-refractivity contribution is 0.152. The minimum Gasteiger partial charge on any atom is -0.384 e. The maximum absolute atomic E-state index is 9.17. The van der Waals surface area contributed by atoms with Gasteiger partial charge in [0.05, 0.1) is 0 Å². The third kappa shape index (κ3) is 1.62. The highest BCUT2D eigenvalue weighted by Crippen LogP contribution is 2.16. The van der Waals surface area contributed by atoms with E-state index in [0.717, 1.165) is 5.56 Å². The first kappa shape index (κ1) is 8.83. The van der Waals surface area contributed by atoms with Gasteiger partial charge in [-0.25, -0.2) is 0 Å². The maximum Gasteiger partial charge on any atom is 0.255 e. The maximum atomic E-state index is 9.17. The van der Waals surface area contributed by atoms with Gasteiger partial charge < -0.3 is 9.63 Å². The SMILES string of the molecule is CC(O)c1nc(-c2cccnc2)no1. The van der Waals surface area contributed by atoms with E-state index in [1.54, 1.807) is 25.4 Å². The van der Waals surface area contributed by atoms with Crippen LogP contribution < -0.4 is 0 Å². The van der Waals surface area contributed by atoms with Crippen molar-refractivity contribution in [1.82, 2.24) is 15.1 Å². The molecule has 2 aromatic heterocycles. The van der Waals surface area contributed by atoms with Gasteiger partial charge in [-0.15, -0.1) is 0 Å². The second kappa shape index (κ2) is 3.55. The highest BCUT2D eigenvalue weighted by molar-refractivity contribution is 5.51. The van der Waals surface area contributed by atoms with Crippen LogP contribution in [-0.4, -0.2) is 20.2 Å². The summed E-state index contributed by atoms with van der Waals surface area (Å²) in [4.78, 5) is 7.94. The molecule has 0 amide bonds. The molecule has 2 aromatic rings. The van der Waals surface area contributed by atoms with Gasteiger partial charge in [0.25, 0.3) is 5.89 Å². The molecule has 0 bridgehead atoms. The van der Waals surface area contributed by atoms with Crippen LogP contribution in [0.3, 0.4) is 0 Å². The minimum atomic E-state index is -0.743. The van der Waals surface area contributed by atoms with E-state index in [9.17, 15) is 5.11 Å². The lowest BCUT2D eigenvalue weighted by Crippen LogP contribution is -1.90. The van der Waals surface area contributed by atoms with E-state index in [2.05, 4.69) is 15.1 Å². The Morgan fingerprint density at radius 2 is 2.36 bits per heavy atom. The predicted octanol–water partition coefficient (Wildman–Crippen LogP) is 1.18. The zero-order valence-corrected chi connectivity index (χ0v) is 7.58. The summed E-state index contributed by atoms with van der Waals surface area (Å²) in [5.74, 6) is 0.651. The smallest absolute Gasteiger partial charge is 0.255 e. The molecule has 0 aliphatic carbocycles. The molecule has 0 aromatic carbocycles. The minimum absolute atomic E-state index is 0.212. The summed E-state index contributed by atoms with van der Waals surface area (Å²) in [7, 11) is 0. The Bertz CT molecular complexity index is 411. The largest absolute Gasteiger partial charge is 0.384 e. The van der Waals surface area contributed by atoms with E-state index in [1.807, 2.05) is 6.07 Å². The Kier molecular flexibility index (Phi) is 2.24. The van der Waals surface area contributed by atoms with Crippen LogP contribution in [-0.2, 0) is 0 Å². The van der Waals surface area contributed by atoms with E-state index < -0.39 is 6.10 Å². The Morgan fingerprint density at radius 3 is 2.93 bits per heavy atom. The fourth-order valence-electron chi connectivity index (χ4n) is 1.02. The normalized spacial score (nSPS) is 12.7. The number of rotatable bonds is 2. The van der Waals surface area contributed by atoms with Crippen molar-refractivity contribution >= 4 is 0 Å². The number of pyridine rings is 1. The molecule has 5 heteroatoms. The molecule has 0 aliphatic heterocycles. The fraction of sp³-hybridized carbons (Fsp3) is 0.222. The fourth-order valence-corrected chi connectivity index (χ4v) is 1.02. The van der Waals surface area contributed by atoms with E-state index >= 15 is 0 Å². The molecular formula is C9H9N3O2. The number of aliphatic hydroxyl groups excluding tert-OH is 1. The highest BCUT2D eigenvalue weighted by Gasteiger charge is 2.11. The molecule has 1 atom stereocenters. The Morgan fingerprint density at radius 1 is 1.50 bits per heavy atom. The molecule has 0 saturated carbocycles. The summed E-state index contributed by atoms with van der Waals surface area (Å²) in [6.07, 6.45) is 2.56. The standard InChI is InChI=1S/C9H9N3O2/c1-6(13)9-11-8(12-14-9)7-3-2-4-10-5-7/h2-6,13H,1H3. The molecular weight excluding hydrogens is 182 g/mol. The third-order valence-corrected chi connectivity index (χ3v) is 1.72. The summed E-state index contributed by atoms with van der Waals surface area (Å²) in [6.45, 7) is 1.57. The number of aliphatic hydroxyl groups is 1. The first-order chi connectivity index (χ1) is 6.77. The van der Waals surface area contributed by atoms with Crippen molar-refractivity contribution in [3.05, 3.63) is 30.4 Å². The van der Waals surface area contributed by atoms with Gasteiger partial charge in [-0.3, -0.25) is 4.98 Å². The summed E-state index contributed by atoms with van der Waals surface area (Å²) >= 11 is 0. The van der Waals surface area contributed by atoms with Gasteiger partial charge in [0.1, 0.15) is 6.10 Å². The van der Waals surface area contributed by atoms with E-state index in [1.165, 1.54) is 0 Å². The van der Waals surface area contributed by atoms with E-state index in [0.29, 0.717) is 5.82 Å². The van der Waals surface area contributed by atoms with Crippen molar-refractivity contribution in [3.8, 4) is 11.4 Å². The predicted molar refractivity (Wildman–Crippen MR) is 48.2 cm³/mol. The molecule has 5 nitrogen and oxygen atoms in total. The van der Waals surface area contributed by atoms with Gasteiger partial charge >= 0.3 is 0 Å². The van der Waals surface area contributed by atoms with Crippen molar-refractivity contribution in [1.29, 1.82) is 0 Å². The highest BCUT2D eigenvalue weighted by atomic mass is 16.5. The summed E-state index contributed by atoms with van der Waals surface area (Å²) in [5.41, 5.74) is 0.767. The van der Waals surface area contributed by atoms with Crippen LogP contribution in [0.2, 0.25) is 0 Å². The molecule has 0 saturated heterocycles. The monoisotopic (exact) mass is 191 g/mol. The van der Waals surface area contributed by atoms with Gasteiger partial charge in [-0.05, 0) is 19.1 Å². The quantitative estimate of drug-likeness (QED) is 0.771. The molecule has 0 spiro atoms. The van der Waals surface area contributed by atoms with Gasteiger partial charge in [-0.2, -0.15) is 4.98 Å². The summed E-state index contributed by atoms with van der Waals surface area (Å²) in [5, 5.41) is 12.9. The van der Waals surface area contributed by atoms with Crippen molar-refractivity contribution < 1.29 is 9.63 Å². The Labute approximate surface area is 80.4 Å². The molecule has 72 valence electrons. The van der Waals surface area contributed by atoms with Crippen molar-refractivity contribution in [3.63, 3.8) is 0 Å². The zero-order valence-electron chi connectivity index (χ0n) is 7.58. The molecule has 2 rings (SSSR count). The Balaban J connectivity index is 2.34. The second-order valence-electron chi connectivity index (χ2n) is 2.87. The van der Waals surface area contributed by atoms with Crippen LogP contribution in [0, 0.1) is 0 Å². The van der Waals surface area contributed by atoms with Crippen LogP contribution in [0.15, 0.2) is 29.0 Å². The Hall–Kier alpha value is -1.75. The van der Waals surface area contributed by atoms with Crippen molar-refractivity contribution in [2.45, 2.75) is 13.0 Å². The van der Waals surface area contributed by atoms with Crippen LogP contribution in [0.5, 0.6) is 0 Å². The third-order valence-electron chi connectivity index (χ3n) is 1.72. The summed E-state index contributed by atoms with van der Waals surface area (Å²) < 4.78 is 4.84. The van der Waals surface area contributed by atoms with E-state index in [4.69, 9.17) is 4.52 Å². The number of hydrogen-bond acceptors (Lipinski definition) is 5. The van der Waals surface area contributed by atoms with Crippen molar-refractivity contribution in [2.24, 2.45) is 0 Å². The lowest BCUT2D eigenvalue weighted by atomic mass is 10.3. The molecule has 2 heterocycles. The van der Waals surface area contributed by atoms with Crippen LogP contribution in [0.25, 0.3) is 11.4 Å². The zero-order chi connectivity index (χ0) is 9.97. The average Bonchev–Trinajstić information content (AvgIpc) is 2.68.